The average molecular weight is 499 g/mol. The zero-order chi connectivity index (χ0) is 24.4. The van der Waals surface area contributed by atoms with Gasteiger partial charge in [0.2, 0.25) is 0 Å². The maximum atomic E-state index is 13.5. The second kappa shape index (κ2) is 9.90. The van der Waals surface area contributed by atoms with Gasteiger partial charge in [-0.3, -0.25) is 9.36 Å². The molecule has 4 rings (SSSR count). The van der Waals surface area contributed by atoms with Gasteiger partial charge in [0.25, 0.3) is 5.56 Å². The van der Waals surface area contributed by atoms with Crippen molar-refractivity contribution in [1.29, 1.82) is 0 Å². The number of aryl methyl sites for hydroxylation is 1. The fraction of sp³-hybridized carbons (Fsp3) is 0.250. The lowest BCUT2D eigenvalue weighted by atomic mass is 10.1. The van der Waals surface area contributed by atoms with Crippen LogP contribution < -0.4 is 16.2 Å². The Bertz CT molecular complexity index is 1390. The largest absolute Gasteiger partial charge is 0.463 e. The summed E-state index contributed by atoms with van der Waals surface area (Å²) in [6.07, 6.45) is 0. The molecule has 3 aromatic rings. The number of urea groups is 1. The summed E-state index contributed by atoms with van der Waals surface area (Å²) in [7, 11) is 0. The van der Waals surface area contributed by atoms with Crippen LogP contribution in [0.1, 0.15) is 19.4 Å². The predicted molar refractivity (Wildman–Crippen MR) is 133 cm³/mol. The van der Waals surface area contributed by atoms with Crippen LogP contribution in [0, 0.1) is 6.92 Å². The van der Waals surface area contributed by atoms with E-state index in [2.05, 4.69) is 10.6 Å². The highest BCUT2D eigenvalue weighted by Crippen LogP contribution is 2.27. The van der Waals surface area contributed by atoms with E-state index in [0.29, 0.717) is 38.0 Å². The molecular formula is C24H23ClN4O4S. The van der Waals surface area contributed by atoms with E-state index in [1.807, 2.05) is 31.2 Å². The minimum Gasteiger partial charge on any atom is -0.463 e. The van der Waals surface area contributed by atoms with Gasteiger partial charge in [-0.25, -0.2) is 14.6 Å². The van der Waals surface area contributed by atoms with Crippen molar-refractivity contribution in [2.45, 2.75) is 32.0 Å². The Morgan fingerprint density at radius 2 is 2.00 bits per heavy atom. The smallest absolute Gasteiger partial charge is 0.337 e. The summed E-state index contributed by atoms with van der Waals surface area (Å²) in [5, 5.41) is 6.70. The number of nitrogens with zero attached hydrogens (tertiary/aromatic N) is 2. The highest BCUT2D eigenvalue weighted by atomic mass is 35.5. The molecule has 1 atom stereocenters. The summed E-state index contributed by atoms with van der Waals surface area (Å²) >= 11 is 7.39. The number of carbonyl (C=O) groups excluding carboxylic acids is 2. The Morgan fingerprint density at radius 3 is 2.74 bits per heavy atom. The van der Waals surface area contributed by atoms with Gasteiger partial charge in [-0.15, -0.1) is 0 Å². The first-order chi connectivity index (χ1) is 16.3. The highest BCUT2D eigenvalue weighted by molar-refractivity contribution is 7.99. The number of ether oxygens (including phenoxy) is 1. The van der Waals surface area contributed by atoms with Gasteiger partial charge in [0, 0.05) is 16.5 Å². The molecule has 8 nitrogen and oxygen atoms in total. The van der Waals surface area contributed by atoms with Gasteiger partial charge >= 0.3 is 12.0 Å². The third-order valence-corrected chi connectivity index (χ3v) is 6.57. The standard InChI is InChI=1S/C24H23ClN4O4S/c1-4-33-22(31)20-14(3)26-23(32)27-18(20)12-34-24-28-17-11-15(25)9-10-16(17)21(30)29(24)19-8-6-5-7-13(19)2/h5-11,14H,4,12H2,1-3H3,(H2,26,27,32)/t14-/m1/s1. The number of para-hydroxylation sites is 1. The summed E-state index contributed by atoms with van der Waals surface area (Å²) in [6.45, 7) is 5.56. The molecule has 2 aromatic carbocycles. The van der Waals surface area contributed by atoms with Crippen molar-refractivity contribution in [2.24, 2.45) is 0 Å². The van der Waals surface area contributed by atoms with Gasteiger partial charge < -0.3 is 15.4 Å². The topological polar surface area (TPSA) is 102 Å². The first kappa shape index (κ1) is 23.8. The minimum atomic E-state index is -0.523. The van der Waals surface area contributed by atoms with E-state index in [9.17, 15) is 14.4 Å². The van der Waals surface area contributed by atoms with E-state index < -0.39 is 18.0 Å². The van der Waals surface area contributed by atoms with Gasteiger partial charge in [-0.05, 0) is 50.6 Å². The zero-order valence-corrected chi connectivity index (χ0v) is 20.4. The lowest BCUT2D eigenvalue weighted by Crippen LogP contribution is -2.49. The molecule has 34 heavy (non-hydrogen) atoms. The molecule has 2 amide bonds. The molecule has 1 aliphatic heterocycles. The molecule has 0 radical (unpaired) electrons. The van der Waals surface area contributed by atoms with Crippen molar-refractivity contribution in [3.63, 3.8) is 0 Å². The minimum absolute atomic E-state index is 0.191. The molecule has 176 valence electrons. The summed E-state index contributed by atoms with van der Waals surface area (Å²) in [5.74, 6) is -0.316. The van der Waals surface area contributed by atoms with Crippen molar-refractivity contribution in [1.82, 2.24) is 20.2 Å². The number of benzene rings is 2. The van der Waals surface area contributed by atoms with Gasteiger partial charge in [-0.1, -0.05) is 41.6 Å². The summed E-state index contributed by atoms with van der Waals surface area (Å²) in [5.41, 5.74) is 2.57. The van der Waals surface area contributed by atoms with E-state index in [1.165, 1.54) is 11.8 Å². The first-order valence-electron chi connectivity index (χ1n) is 10.7. The Morgan fingerprint density at radius 1 is 1.24 bits per heavy atom. The molecule has 0 fully saturated rings. The maximum absolute atomic E-state index is 13.5. The van der Waals surface area contributed by atoms with Crippen LogP contribution in [0.3, 0.4) is 0 Å². The van der Waals surface area contributed by atoms with Gasteiger partial charge in [0.15, 0.2) is 5.16 Å². The molecule has 0 saturated heterocycles. The van der Waals surface area contributed by atoms with Crippen LogP contribution in [0.25, 0.3) is 16.6 Å². The second-order valence-corrected chi connectivity index (χ2v) is 9.08. The normalized spacial score (nSPS) is 15.8. The second-order valence-electron chi connectivity index (χ2n) is 7.70. The van der Waals surface area contributed by atoms with Crippen LogP contribution in [0.4, 0.5) is 4.79 Å². The summed E-state index contributed by atoms with van der Waals surface area (Å²) in [6, 6.07) is 11.5. The molecular weight excluding hydrogens is 476 g/mol. The van der Waals surface area contributed by atoms with Crippen LogP contribution in [0.2, 0.25) is 5.02 Å². The Labute approximate surface area is 205 Å². The highest BCUT2D eigenvalue weighted by Gasteiger charge is 2.30. The van der Waals surface area contributed by atoms with Crippen LogP contribution in [0.5, 0.6) is 0 Å². The molecule has 0 spiro atoms. The Kier molecular flexibility index (Phi) is 6.95. The number of aromatic nitrogens is 2. The molecule has 1 aromatic heterocycles. The number of amides is 2. The number of nitrogens with one attached hydrogen (secondary N) is 2. The number of hydrogen-bond donors (Lipinski definition) is 2. The fourth-order valence-electron chi connectivity index (χ4n) is 3.79. The van der Waals surface area contributed by atoms with Gasteiger partial charge in [-0.2, -0.15) is 0 Å². The third-order valence-electron chi connectivity index (χ3n) is 5.37. The van der Waals surface area contributed by atoms with Crippen molar-refractivity contribution < 1.29 is 14.3 Å². The number of esters is 1. The van der Waals surface area contributed by atoms with Crippen molar-refractivity contribution in [3.05, 3.63) is 74.7 Å². The quantitative estimate of drug-likeness (QED) is 0.303. The number of fused-ring (bicyclic) bond motifs is 1. The summed E-state index contributed by atoms with van der Waals surface area (Å²) < 4.78 is 6.73. The number of carbonyl (C=O) groups is 2. The van der Waals surface area contributed by atoms with Crippen LogP contribution in [-0.4, -0.2) is 40.0 Å². The molecule has 0 unspecified atom stereocenters. The lowest BCUT2D eigenvalue weighted by Gasteiger charge is -2.26. The van der Waals surface area contributed by atoms with E-state index in [4.69, 9.17) is 21.3 Å². The molecule has 0 aliphatic carbocycles. The van der Waals surface area contributed by atoms with E-state index >= 15 is 0 Å². The Hall–Kier alpha value is -3.30. The van der Waals surface area contributed by atoms with Crippen LogP contribution in [-0.2, 0) is 9.53 Å². The molecule has 10 heteroatoms. The van der Waals surface area contributed by atoms with E-state index in [1.54, 1.807) is 36.6 Å². The van der Waals surface area contributed by atoms with Gasteiger partial charge in [0.05, 0.1) is 34.8 Å². The molecule has 1 aliphatic rings. The molecule has 0 saturated carbocycles. The van der Waals surface area contributed by atoms with E-state index in [0.717, 1.165) is 5.56 Å². The summed E-state index contributed by atoms with van der Waals surface area (Å²) in [4.78, 5) is 42.9. The predicted octanol–water partition coefficient (Wildman–Crippen LogP) is 3.96. The van der Waals surface area contributed by atoms with Crippen molar-refractivity contribution >= 4 is 46.3 Å². The van der Waals surface area contributed by atoms with E-state index in [-0.39, 0.29) is 17.9 Å². The molecule has 2 heterocycles. The molecule has 2 N–H and O–H groups in total. The number of rotatable bonds is 6. The lowest BCUT2D eigenvalue weighted by molar-refractivity contribution is -0.138. The SMILES string of the molecule is CCOC(=O)C1=C(CSc2nc3cc(Cl)ccc3c(=O)n2-c2ccccc2C)NC(=O)N[C@@H]1C. The number of halogens is 1. The first-order valence-corrected chi connectivity index (χ1v) is 12.0. The fourth-order valence-corrected chi connectivity index (χ4v) is 4.93. The maximum Gasteiger partial charge on any atom is 0.337 e. The average Bonchev–Trinajstić information content (AvgIpc) is 2.78. The van der Waals surface area contributed by atoms with Gasteiger partial charge in [0.1, 0.15) is 0 Å². The number of thioether (sulfide) groups is 1. The monoisotopic (exact) mass is 498 g/mol. The number of hydrogen-bond acceptors (Lipinski definition) is 6. The van der Waals surface area contributed by atoms with Crippen LogP contribution >= 0.6 is 23.4 Å². The third kappa shape index (κ3) is 4.67. The van der Waals surface area contributed by atoms with Crippen molar-refractivity contribution in [2.75, 3.05) is 12.4 Å². The molecule has 0 bridgehead atoms. The zero-order valence-electron chi connectivity index (χ0n) is 18.8. The Balaban J connectivity index is 1.84. The van der Waals surface area contributed by atoms with Crippen molar-refractivity contribution in [3.8, 4) is 5.69 Å². The van der Waals surface area contributed by atoms with Crippen LogP contribution in [0.15, 0.2) is 63.7 Å².